The summed E-state index contributed by atoms with van der Waals surface area (Å²) in [5.74, 6) is -0.795. The Labute approximate surface area is 143 Å². The summed E-state index contributed by atoms with van der Waals surface area (Å²) in [6.07, 6.45) is 7.29. The van der Waals surface area contributed by atoms with E-state index in [0.29, 0.717) is 19.4 Å². The predicted molar refractivity (Wildman–Crippen MR) is 88.1 cm³/mol. The van der Waals surface area contributed by atoms with Gasteiger partial charge in [-0.05, 0) is 25.7 Å². The number of rotatable bonds is 10. The van der Waals surface area contributed by atoms with Crippen LogP contribution in [0.15, 0.2) is 0 Å². The first-order valence-corrected chi connectivity index (χ1v) is 9.02. The van der Waals surface area contributed by atoms with Crippen molar-refractivity contribution >= 4 is 17.7 Å². The molecule has 1 unspecified atom stereocenters. The second-order valence-corrected chi connectivity index (χ2v) is 7.12. The molecule has 1 aliphatic carbocycles. The van der Waals surface area contributed by atoms with Crippen molar-refractivity contribution in [2.75, 3.05) is 13.1 Å². The summed E-state index contributed by atoms with van der Waals surface area (Å²) < 4.78 is 0. The van der Waals surface area contributed by atoms with E-state index in [-0.39, 0.29) is 30.8 Å². The molecule has 1 atom stereocenters. The van der Waals surface area contributed by atoms with Gasteiger partial charge in [0.1, 0.15) is 0 Å². The van der Waals surface area contributed by atoms with Crippen LogP contribution in [0.25, 0.3) is 0 Å². The molecular weight excluding hydrogens is 310 g/mol. The van der Waals surface area contributed by atoms with Crippen LogP contribution in [-0.2, 0) is 14.4 Å². The Kier molecular flexibility index (Phi) is 6.60. The maximum atomic E-state index is 12.9. The molecule has 2 fully saturated rings. The lowest BCUT2D eigenvalue weighted by Gasteiger charge is -2.27. The molecule has 0 radical (unpaired) electrons. The first-order valence-electron chi connectivity index (χ1n) is 9.02. The monoisotopic (exact) mass is 339 g/mol. The molecular formula is C17H29N3O4. The largest absolute Gasteiger partial charge is 0.352 e. The lowest BCUT2D eigenvalue weighted by Crippen LogP contribution is -2.43. The van der Waals surface area contributed by atoms with E-state index in [2.05, 4.69) is 12.2 Å². The maximum absolute atomic E-state index is 12.9. The van der Waals surface area contributed by atoms with Crippen LogP contribution in [0.2, 0.25) is 0 Å². The minimum absolute atomic E-state index is 0.0186. The van der Waals surface area contributed by atoms with Crippen LogP contribution >= 0.6 is 0 Å². The minimum Gasteiger partial charge on any atom is -0.352 e. The number of carbonyl (C=O) groups is 3. The molecule has 7 heteroatoms. The number of likely N-dealkylation sites (tertiary alicyclic amines) is 1. The number of hydrogen-bond acceptors (Lipinski definition) is 4. The number of amides is 3. The summed E-state index contributed by atoms with van der Waals surface area (Å²) in [5.41, 5.74) is 0.862. The second-order valence-electron chi connectivity index (χ2n) is 7.12. The first-order chi connectivity index (χ1) is 11.5. The lowest BCUT2D eigenvalue weighted by atomic mass is 9.77. The molecule has 3 N–H and O–H groups in total. The fraction of sp³-hybridized carbons (Fsp3) is 0.824. The Morgan fingerprint density at radius 1 is 1.25 bits per heavy atom. The number of nitrogens with zero attached hydrogens (tertiary/aromatic N) is 1. The highest BCUT2D eigenvalue weighted by Crippen LogP contribution is 2.40. The van der Waals surface area contributed by atoms with Gasteiger partial charge in [0, 0.05) is 19.0 Å². The Balaban J connectivity index is 1.95. The van der Waals surface area contributed by atoms with Gasteiger partial charge in [0.25, 0.3) is 0 Å². The van der Waals surface area contributed by atoms with Crippen LogP contribution in [0.5, 0.6) is 0 Å². The summed E-state index contributed by atoms with van der Waals surface area (Å²) in [5, 5.41) is 11.7. The van der Waals surface area contributed by atoms with Crippen molar-refractivity contribution in [3.63, 3.8) is 0 Å². The highest BCUT2D eigenvalue weighted by molar-refractivity contribution is 5.93. The molecule has 1 aliphatic heterocycles. The summed E-state index contributed by atoms with van der Waals surface area (Å²) in [6, 6.07) is 0.272. The third-order valence-electron chi connectivity index (χ3n) is 5.01. The van der Waals surface area contributed by atoms with Crippen molar-refractivity contribution in [1.29, 1.82) is 0 Å². The van der Waals surface area contributed by atoms with Gasteiger partial charge in [-0.1, -0.05) is 32.6 Å². The van der Waals surface area contributed by atoms with E-state index in [1.165, 1.54) is 0 Å². The molecule has 24 heavy (non-hydrogen) atoms. The third-order valence-corrected chi connectivity index (χ3v) is 5.01. The molecule has 0 aromatic carbocycles. The number of hydrogen-bond donors (Lipinski definition) is 3. The van der Waals surface area contributed by atoms with E-state index in [1.54, 1.807) is 10.4 Å². The van der Waals surface area contributed by atoms with Crippen LogP contribution < -0.4 is 10.8 Å². The molecule has 2 rings (SSSR count). The average molecular weight is 339 g/mol. The fourth-order valence-corrected chi connectivity index (χ4v) is 3.44. The van der Waals surface area contributed by atoms with Gasteiger partial charge in [0.15, 0.2) is 0 Å². The molecule has 0 spiro atoms. The molecule has 1 heterocycles. The van der Waals surface area contributed by atoms with Crippen LogP contribution in [0, 0.1) is 5.41 Å². The van der Waals surface area contributed by atoms with E-state index in [1.807, 2.05) is 0 Å². The Morgan fingerprint density at radius 3 is 2.62 bits per heavy atom. The normalized spacial score (nSPS) is 23.4. The molecule has 136 valence electrons. The molecule has 2 aliphatic rings. The van der Waals surface area contributed by atoms with Gasteiger partial charge < -0.3 is 10.2 Å². The van der Waals surface area contributed by atoms with E-state index in [9.17, 15) is 14.4 Å². The van der Waals surface area contributed by atoms with Crippen molar-refractivity contribution in [2.45, 2.75) is 70.8 Å². The average Bonchev–Trinajstić information content (AvgIpc) is 3.32. The van der Waals surface area contributed by atoms with Gasteiger partial charge in [0.05, 0.1) is 12.0 Å². The fourth-order valence-electron chi connectivity index (χ4n) is 3.44. The Hall–Kier alpha value is -1.63. The summed E-state index contributed by atoms with van der Waals surface area (Å²) >= 11 is 0. The standard InChI is InChI=1S/C17H29N3O4/c1-2-3-4-5-8-17(11-14(21)19-24)9-10-20(16(17)23)12-15(22)18-13-6-7-13/h13,24H,2-12H2,1H3,(H,18,22)(H,19,21). The first kappa shape index (κ1) is 18.7. The van der Waals surface area contributed by atoms with E-state index < -0.39 is 11.3 Å². The van der Waals surface area contributed by atoms with Crippen molar-refractivity contribution in [2.24, 2.45) is 5.41 Å². The van der Waals surface area contributed by atoms with Gasteiger partial charge in [-0.3, -0.25) is 19.6 Å². The second kappa shape index (κ2) is 8.46. The molecule has 7 nitrogen and oxygen atoms in total. The number of unbranched alkanes of at least 4 members (excludes halogenated alkanes) is 3. The SMILES string of the molecule is CCCCCCC1(CC(=O)NO)CCN(CC(=O)NC2CC2)C1=O. The topological polar surface area (TPSA) is 98.7 Å². The Bertz CT molecular complexity index is 478. The maximum Gasteiger partial charge on any atom is 0.244 e. The van der Waals surface area contributed by atoms with E-state index in [0.717, 1.165) is 38.5 Å². The summed E-state index contributed by atoms with van der Waals surface area (Å²) in [7, 11) is 0. The molecule has 1 saturated heterocycles. The van der Waals surface area contributed by atoms with Crippen LogP contribution in [0.1, 0.15) is 64.7 Å². The molecule has 0 aromatic heterocycles. The number of nitrogens with one attached hydrogen (secondary N) is 2. The van der Waals surface area contributed by atoms with Gasteiger partial charge in [-0.2, -0.15) is 0 Å². The van der Waals surface area contributed by atoms with E-state index >= 15 is 0 Å². The molecule has 1 saturated carbocycles. The third kappa shape index (κ3) is 4.93. The molecule has 0 aromatic rings. The summed E-state index contributed by atoms with van der Waals surface area (Å²) in [4.78, 5) is 38.1. The van der Waals surface area contributed by atoms with Gasteiger partial charge >= 0.3 is 0 Å². The zero-order valence-electron chi connectivity index (χ0n) is 14.5. The lowest BCUT2D eigenvalue weighted by molar-refractivity contribution is -0.144. The van der Waals surface area contributed by atoms with Gasteiger partial charge in [-0.15, -0.1) is 0 Å². The molecule has 0 bridgehead atoms. The predicted octanol–water partition coefficient (Wildman–Crippen LogP) is 1.35. The zero-order chi connectivity index (χ0) is 17.6. The van der Waals surface area contributed by atoms with Crippen LogP contribution in [-0.4, -0.2) is 47.0 Å². The number of hydroxylamine groups is 1. The zero-order valence-corrected chi connectivity index (χ0v) is 14.5. The van der Waals surface area contributed by atoms with Crippen molar-refractivity contribution in [1.82, 2.24) is 15.7 Å². The van der Waals surface area contributed by atoms with Crippen LogP contribution in [0.4, 0.5) is 0 Å². The van der Waals surface area contributed by atoms with Crippen LogP contribution in [0.3, 0.4) is 0 Å². The smallest absolute Gasteiger partial charge is 0.244 e. The molecule has 3 amide bonds. The van der Waals surface area contributed by atoms with Gasteiger partial charge in [0.2, 0.25) is 17.7 Å². The summed E-state index contributed by atoms with van der Waals surface area (Å²) in [6.45, 7) is 2.67. The number of carbonyl (C=O) groups excluding carboxylic acids is 3. The quantitative estimate of drug-likeness (QED) is 0.318. The minimum atomic E-state index is -0.777. The van der Waals surface area contributed by atoms with Crippen molar-refractivity contribution in [3.8, 4) is 0 Å². The highest BCUT2D eigenvalue weighted by Gasteiger charge is 2.47. The highest BCUT2D eigenvalue weighted by atomic mass is 16.5. The van der Waals surface area contributed by atoms with E-state index in [4.69, 9.17) is 5.21 Å². The van der Waals surface area contributed by atoms with Gasteiger partial charge in [-0.25, -0.2) is 5.48 Å². The Morgan fingerprint density at radius 2 is 2.00 bits per heavy atom. The van der Waals surface area contributed by atoms with Crippen molar-refractivity contribution < 1.29 is 19.6 Å². The van der Waals surface area contributed by atoms with Crippen molar-refractivity contribution in [3.05, 3.63) is 0 Å².